The van der Waals surface area contributed by atoms with Gasteiger partial charge >= 0.3 is 5.69 Å². The molecule has 0 amide bonds. The fourth-order valence-electron chi connectivity index (χ4n) is 1.99. The van der Waals surface area contributed by atoms with Crippen LogP contribution in [0.15, 0.2) is 42.5 Å². The zero-order valence-electron chi connectivity index (χ0n) is 12.6. The lowest BCUT2D eigenvalue weighted by Gasteiger charge is -2.05. The van der Waals surface area contributed by atoms with Crippen molar-refractivity contribution >= 4 is 17.5 Å². The molecule has 2 rings (SSSR count). The number of methoxy groups -OCH3 is 1. The number of nitro groups is 1. The first-order valence-electron chi connectivity index (χ1n) is 6.77. The first kappa shape index (κ1) is 16.2. The summed E-state index contributed by atoms with van der Waals surface area (Å²) < 4.78 is 4.91. The standard InChI is InChI=1S/C17H15NO5/c1-11-3-6-13(7-4-11)15(19)8-5-12-9-14(18(21)22)17(20)16(10-12)23-2/h3-10,20H,1-2H3. The van der Waals surface area contributed by atoms with Gasteiger partial charge in [0.15, 0.2) is 11.5 Å². The number of hydrogen-bond donors (Lipinski definition) is 1. The van der Waals surface area contributed by atoms with E-state index in [9.17, 15) is 20.0 Å². The van der Waals surface area contributed by atoms with Crippen molar-refractivity contribution in [1.29, 1.82) is 0 Å². The summed E-state index contributed by atoms with van der Waals surface area (Å²) in [5.74, 6) is -0.791. The van der Waals surface area contributed by atoms with E-state index in [0.29, 0.717) is 11.1 Å². The maximum atomic E-state index is 12.1. The van der Waals surface area contributed by atoms with Gasteiger partial charge in [-0.15, -0.1) is 0 Å². The number of carbonyl (C=O) groups excluding carboxylic acids is 1. The Bertz CT molecular complexity index is 778. The van der Waals surface area contributed by atoms with E-state index in [1.165, 1.54) is 31.4 Å². The highest BCUT2D eigenvalue weighted by atomic mass is 16.6. The minimum Gasteiger partial charge on any atom is -0.500 e. The summed E-state index contributed by atoms with van der Waals surface area (Å²) in [5, 5.41) is 20.6. The SMILES string of the molecule is COc1cc(C=CC(=O)c2ccc(C)cc2)cc([N+](=O)[O-])c1O. The van der Waals surface area contributed by atoms with Crippen LogP contribution >= 0.6 is 0 Å². The molecule has 118 valence electrons. The molecular formula is C17H15NO5. The number of nitrogens with zero attached hydrogens (tertiary/aromatic N) is 1. The van der Waals surface area contributed by atoms with E-state index in [4.69, 9.17) is 4.74 Å². The van der Waals surface area contributed by atoms with E-state index in [-0.39, 0.29) is 11.5 Å². The number of carbonyl (C=O) groups is 1. The van der Waals surface area contributed by atoms with Crippen LogP contribution in [-0.4, -0.2) is 22.9 Å². The molecule has 0 saturated carbocycles. The molecule has 0 aliphatic heterocycles. The van der Waals surface area contributed by atoms with Crippen molar-refractivity contribution in [2.75, 3.05) is 7.11 Å². The molecule has 6 heteroatoms. The molecule has 0 aliphatic carbocycles. The van der Waals surface area contributed by atoms with Crippen LogP contribution in [0.3, 0.4) is 0 Å². The number of aryl methyl sites for hydroxylation is 1. The number of phenolic OH excluding ortho intramolecular Hbond substituents is 1. The van der Waals surface area contributed by atoms with Crippen molar-refractivity contribution in [2.45, 2.75) is 6.92 Å². The molecule has 6 nitrogen and oxygen atoms in total. The third kappa shape index (κ3) is 3.74. The first-order chi connectivity index (χ1) is 10.9. The average Bonchev–Trinajstić information content (AvgIpc) is 2.53. The average molecular weight is 313 g/mol. The molecule has 0 aromatic heterocycles. The highest BCUT2D eigenvalue weighted by Crippen LogP contribution is 2.37. The Morgan fingerprint density at radius 2 is 1.91 bits per heavy atom. The molecular weight excluding hydrogens is 298 g/mol. The second-order valence-corrected chi connectivity index (χ2v) is 4.91. The van der Waals surface area contributed by atoms with Crippen LogP contribution in [-0.2, 0) is 0 Å². The number of allylic oxidation sites excluding steroid dienone is 1. The predicted molar refractivity (Wildman–Crippen MR) is 85.9 cm³/mol. The number of phenols is 1. The minimum absolute atomic E-state index is 0.0263. The van der Waals surface area contributed by atoms with Gasteiger partial charge in [-0.2, -0.15) is 0 Å². The normalized spacial score (nSPS) is 10.7. The van der Waals surface area contributed by atoms with E-state index in [1.54, 1.807) is 12.1 Å². The Balaban J connectivity index is 2.32. The summed E-state index contributed by atoms with van der Waals surface area (Å²) in [4.78, 5) is 22.3. The van der Waals surface area contributed by atoms with E-state index in [2.05, 4.69) is 0 Å². The van der Waals surface area contributed by atoms with Gasteiger partial charge < -0.3 is 9.84 Å². The molecule has 0 radical (unpaired) electrons. The third-order valence-corrected chi connectivity index (χ3v) is 3.26. The van der Waals surface area contributed by atoms with Gasteiger partial charge in [0.2, 0.25) is 5.75 Å². The fourth-order valence-corrected chi connectivity index (χ4v) is 1.99. The number of benzene rings is 2. The van der Waals surface area contributed by atoms with Crippen LogP contribution in [0.1, 0.15) is 21.5 Å². The molecule has 0 unspecified atom stereocenters. The van der Waals surface area contributed by atoms with Gasteiger partial charge in [-0.1, -0.05) is 35.9 Å². The lowest BCUT2D eigenvalue weighted by Crippen LogP contribution is -1.95. The van der Waals surface area contributed by atoms with Gasteiger partial charge in [-0.3, -0.25) is 14.9 Å². The quantitative estimate of drug-likeness (QED) is 0.395. The lowest BCUT2D eigenvalue weighted by molar-refractivity contribution is -0.386. The van der Waals surface area contributed by atoms with Crippen molar-refractivity contribution in [2.24, 2.45) is 0 Å². The Labute approximate surface area is 132 Å². The van der Waals surface area contributed by atoms with Crippen LogP contribution < -0.4 is 4.74 Å². The topological polar surface area (TPSA) is 89.7 Å². The maximum Gasteiger partial charge on any atom is 0.315 e. The highest BCUT2D eigenvalue weighted by Gasteiger charge is 2.19. The number of rotatable bonds is 5. The van der Waals surface area contributed by atoms with E-state index in [0.717, 1.165) is 5.56 Å². The summed E-state index contributed by atoms with van der Waals surface area (Å²) in [6, 6.07) is 9.67. The second-order valence-electron chi connectivity index (χ2n) is 4.91. The molecule has 0 saturated heterocycles. The molecule has 0 fully saturated rings. The van der Waals surface area contributed by atoms with E-state index in [1.807, 2.05) is 19.1 Å². The summed E-state index contributed by atoms with van der Waals surface area (Å²) in [6.07, 6.45) is 2.76. The second kappa shape index (κ2) is 6.74. The van der Waals surface area contributed by atoms with Crippen LogP contribution in [0.4, 0.5) is 5.69 Å². The number of nitro benzene ring substituents is 1. The monoisotopic (exact) mass is 313 g/mol. The van der Waals surface area contributed by atoms with Gasteiger partial charge in [0.25, 0.3) is 0 Å². The Morgan fingerprint density at radius 1 is 1.26 bits per heavy atom. The smallest absolute Gasteiger partial charge is 0.315 e. The Kier molecular flexibility index (Phi) is 4.75. The molecule has 2 aromatic carbocycles. The van der Waals surface area contributed by atoms with Crippen molar-refractivity contribution in [3.8, 4) is 11.5 Å². The van der Waals surface area contributed by atoms with Crippen LogP contribution in [0.5, 0.6) is 11.5 Å². The Morgan fingerprint density at radius 3 is 2.48 bits per heavy atom. The van der Waals surface area contributed by atoms with Gasteiger partial charge in [0.05, 0.1) is 12.0 Å². The van der Waals surface area contributed by atoms with Crippen molar-refractivity contribution in [3.05, 3.63) is 69.3 Å². The summed E-state index contributed by atoms with van der Waals surface area (Å²) in [6.45, 7) is 1.92. The van der Waals surface area contributed by atoms with Crippen LogP contribution in [0.25, 0.3) is 6.08 Å². The predicted octanol–water partition coefficient (Wildman–Crippen LogP) is 3.51. The summed E-state index contributed by atoms with van der Waals surface area (Å²) >= 11 is 0. The van der Waals surface area contributed by atoms with E-state index < -0.39 is 16.4 Å². The number of aromatic hydroxyl groups is 1. The van der Waals surface area contributed by atoms with Gasteiger partial charge in [-0.05, 0) is 24.6 Å². The molecule has 23 heavy (non-hydrogen) atoms. The van der Waals surface area contributed by atoms with Crippen molar-refractivity contribution < 1.29 is 19.6 Å². The van der Waals surface area contributed by atoms with Crippen LogP contribution in [0, 0.1) is 17.0 Å². The molecule has 1 N–H and O–H groups in total. The number of hydrogen-bond acceptors (Lipinski definition) is 5. The van der Waals surface area contributed by atoms with Gasteiger partial charge in [0, 0.05) is 11.6 Å². The summed E-state index contributed by atoms with van der Waals surface area (Å²) in [5.41, 5.74) is 1.47. The molecule has 0 bridgehead atoms. The maximum absolute atomic E-state index is 12.1. The highest BCUT2D eigenvalue weighted by molar-refractivity contribution is 6.06. The number of ketones is 1. The fraction of sp³-hybridized carbons (Fsp3) is 0.118. The van der Waals surface area contributed by atoms with Crippen molar-refractivity contribution in [3.63, 3.8) is 0 Å². The zero-order chi connectivity index (χ0) is 17.0. The summed E-state index contributed by atoms with van der Waals surface area (Å²) in [7, 11) is 1.30. The minimum atomic E-state index is -0.711. The van der Waals surface area contributed by atoms with Crippen molar-refractivity contribution in [1.82, 2.24) is 0 Å². The third-order valence-electron chi connectivity index (χ3n) is 3.26. The van der Waals surface area contributed by atoms with E-state index >= 15 is 0 Å². The zero-order valence-corrected chi connectivity index (χ0v) is 12.6. The molecule has 0 atom stereocenters. The molecule has 0 heterocycles. The molecule has 0 aliphatic rings. The van der Waals surface area contributed by atoms with Gasteiger partial charge in [0.1, 0.15) is 0 Å². The largest absolute Gasteiger partial charge is 0.500 e. The molecule has 0 spiro atoms. The lowest BCUT2D eigenvalue weighted by atomic mass is 10.1. The first-order valence-corrected chi connectivity index (χ1v) is 6.77. The van der Waals surface area contributed by atoms with Gasteiger partial charge in [-0.25, -0.2) is 0 Å². The number of ether oxygens (including phenoxy) is 1. The van der Waals surface area contributed by atoms with Crippen LogP contribution in [0.2, 0.25) is 0 Å². The Hall–Kier alpha value is -3.15. The molecule has 2 aromatic rings.